The Balaban J connectivity index is 4.38. The summed E-state index contributed by atoms with van der Waals surface area (Å²) in [6.07, 6.45) is 54.7. The van der Waals surface area contributed by atoms with E-state index in [1.165, 1.54) is 44.9 Å². The number of rotatable bonds is 40. The molecular weight excluding hydrogens is 753 g/mol. The summed E-state index contributed by atoms with van der Waals surface area (Å²) in [7, 11) is -4.64. The number of carboxylic acids is 1. The highest BCUT2D eigenvalue weighted by Gasteiger charge is 2.27. The van der Waals surface area contributed by atoms with Crippen LogP contribution in [0.15, 0.2) is 97.2 Å². The summed E-state index contributed by atoms with van der Waals surface area (Å²) < 4.78 is 33.2. The van der Waals surface area contributed by atoms with Crippen LogP contribution in [0.4, 0.5) is 0 Å². The maximum absolute atomic E-state index is 12.6. The first-order chi connectivity index (χ1) is 28.2. The van der Waals surface area contributed by atoms with Crippen molar-refractivity contribution in [1.82, 2.24) is 0 Å². The predicted molar refractivity (Wildman–Crippen MR) is 239 cm³/mol. The molecule has 58 heavy (non-hydrogen) atoms. The lowest BCUT2D eigenvalue weighted by atomic mass is 10.1. The van der Waals surface area contributed by atoms with Crippen LogP contribution in [0.2, 0.25) is 0 Å². The number of hydrogen-bond acceptors (Lipinski definition) is 8. The first-order valence-electron chi connectivity index (χ1n) is 21.8. The topological polar surface area (TPSA) is 155 Å². The quantitative estimate of drug-likeness (QED) is 0.0235. The number of phosphoric acid groups is 1. The molecule has 0 heterocycles. The number of carbonyl (C=O) groups is 2. The molecule has 0 radical (unpaired) electrons. The molecule has 0 aliphatic heterocycles. The van der Waals surface area contributed by atoms with Gasteiger partial charge in [0, 0.05) is 13.0 Å². The zero-order valence-corrected chi connectivity index (χ0v) is 36.7. The fourth-order valence-electron chi connectivity index (χ4n) is 5.23. The molecule has 4 N–H and O–H groups in total. The van der Waals surface area contributed by atoms with Gasteiger partial charge in [-0.05, 0) is 89.9 Å². The normalized spacial score (nSPS) is 14.8. The molecule has 0 amide bonds. The van der Waals surface area contributed by atoms with Crippen LogP contribution in [0, 0.1) is 0 Å². The molecule has 0 spiro atoms. The largest absolute Gasteiger partial charge is 0.480 e. The maximum atomic E-state index is 12.6. The van der Waals surface area contributed by atoms with Gasteiger partial charge in [0.05, 0.1) is 19.8 Å². The molecule has 0 fully saturated rings. The van der Waals surface area contributed by atoms with Gasteiger partial charge in [-0.25, -0.2) is 4.57 Å². The molecule has 0 saturated heterocycles. The Hall–Kier alpha value is -3.11. The van der Waals surface area contributed by atoms with Gasteiger partial charge in [0.15, 0.2) is 0 Å². The molecule has 0 saturated carbocycles. The summed E-state index contributed by atoms with van der Waals surface area (Å²) in [5.41, 5.74) is 5.35. The summed E-state index contributed by atoms with van der Waals surface area (Å²) in [4.78, 5) is 33.5. The number of carboxylic acid groups (broad SMARTS) is 1. The number of allylic oxidation sites excluding steroid dienone is 16. The average Bonchev–Trinajstić information content (AvgIpc) is 3.20. The molecule has 0 aromatic heterocycles. The minimum absolute atomic E-state index is 0.0170. The molecule has 0 bridgehead atoms. The second-order valence-corrected chi connectivity index (χ2v) is 15.5. The van der Waals surface area contributed by atoms with Crippen LogP contribution in [0.1, 0.15) is 149 Å². The van der Waals surface area contributed by atoms with Gasteiger partial charge >= 0.3 is 19.8 Å². The number of esters is 1. The minimum Gasteiger partial charge on any atom is -0.480 e. The Kier molecular flexibility index (Phi) is 39.8. The van der Waals surface area contributed by atoms with Crippen molar-refractivity contribution in [3.63, 3.8) is 0 Å². The second-order valence-electron chi connectivity index (χ2n) is 14.1. The van der Waals surface area contributed by atoms with E-state index in [1.807, 2.05) is 6.08 Å². The lowest BCUT2D eigenvalue weighted by Gasteiger charge is -2.20. The van der Waals surface area contributed by atoms with Crippen molar-refractivity contribution in [1.29, 1.82) is 0 Å². The zero-order valence-electron chi connectivity index (χ0n) is 35.8. The Morgan fingerprint density at radius 1 is 0.569 bits per heavy atom. The van der Waals surface area contributed by atoms with Crippen LogP contribution >= 0.6 is 7.82 Å². The summed E-state index contributed by atoms with van der Waals surface area (Å²) in [5, 5.41) is 8.89. The van der Waals surface area contributed by atoms with Crippen LogP contribution in [-0.2, 0) is 32.7 Å². The van der Waals surface area contributed by atoms with Gasteiger partial charge in [0.1, 0.15) is 12.1 Å². The number of hydrogen-bond donors (Lipinski definition) is 3. The van der Waals surface area contributed by atoms with E-state index in [-0.39, 0.29) is 13.0 Å². The van der Waals surface area contributed by atoms with E-state index in [0.29, 0.717) is 19.4 Å². The highest BCUT2D eigenvalue weighted by atomic mass is 31.2. The molecule has 0 rings (SSSR count). The van der Waals surface area contributed by atoms with E-state index in [4.69, 9.17) is 29.4 Å². The predicted octanol–water partition coefficient (Wildman–Crippen LogP) is 12.1. The van der Waals surface area contributed by atoms with E-state index in [0.717, 1.165) is 70.6 Å². The second kappa shape index (κ2) is 42.0. The van der Waals surface area contributed by atoms with Gasteiger partial charge < -0.3 is 25.2 Å². The molecule has 330 valence electrons. The van der Waals surface area contributed by atoms with E-state index >= 15 is 0 Å². The molecule has 0 aromatic rings. The van der Waals surface area contributed by atoms with Crippen molar-refractivity contribution in [3.8, 4) is 0 Å². The van der Waals surface area contributed by atoms with Crippen molar-refractivity contribution >= 4 is 19.8 Å². The van der Waals surface area contributed by atoms with Crippen LogP contribution in [0.25, 0.3) is 0 Å². The summed E-state index contributed by atoms with van der Waals surface area (Å²) in [6, 6.07) is -1.49. The van der Waals surface area contributed by atoms with Crippen LogP contribution < -0.4 is 5.73 Å². The number of aliphatic carboxylic acids is 1. The highest BCUT2D eigenvalue weighted by molar-refractivity contribution is 7.47. The zero-order chi connectivity index (χ0) is 42.6. The van der Waals surface area contributed by atoms with Crippen LogP contribution in [0.3, 0.4) is 0 Å². The molecular formula is C47H78NO9P. The SMILES string of the molecule is CC/C=C\C/C=C\C/C=C\C/C=C\C/C=C\C/C=C\C/C=C\CCCC(=O)OC(COCCCCCCCC/C=C\CCCCC)COP(=O)(O)OCC(N)C(=O)O. The Morgan fingerprint density at radius 3 is 1.52 bits per heavy atom. The number of carbonyl (C=O) groups excluding carboxylic acids is 1. The van der Waals surface area contributed by atoms with Crippen molar-refractivity contribution in [2.24, 2.45) is 5.73 Å². The maximum Gasteiger partial charge on any atom is 0.472 e. The lowest BCUT2D eigenvalue weighted by Crippen LogP contribution is -2.34. The summed E-state index contributed by atoms with van der Waals surface area (Å²) in [6.45, 7) is 3.63. The molecule has 3 unspecified atom stereocenters. The van der Waals surface area contributed by atoms with Crippen molar-refractivity contribution in [3.05, 3.63) is 97.2 Å². The van der Waals surface area contributed by atoms with E-state index in [2.05, 4.69) is 105 Å². The Labute approximate surface area is 351 Å². The van der Waals surface area contributed by atoms with Gasteiger partial charge in [-0.1, -0.05) is 150 Å². The molecule has 11 heteroatoms. The number of ether oxygens (including phenoxy) is 2. The molecule has 0 aliphatic rings. The van der Waals surface area contributed by atoms with Crippen molar-refractivity contribution in [2.45, 2.75) is 161 Å². The number of nitrogens with two attached hydrogens (primary N) is 1. The summed E-state index contributed by atoms with van der Waals surface area (Å²) >= 11 is 0. The highest BCUT2D eigenvalue weighted by Crippen LogP contribution is 2.43. The first kappa shape index (κ1) is 54.9. The molecule has 0 aliphatic carbocycles. The van der Waals surface area contributed by atoms with Crippen molar-refractivity contribution < 1.29 is 42.7 Å². The van der Waals surface area contributed by atoms with Gasteiger partial charge in [-0.3, -0.25) is 18.6 Å². The number of unbranched alkanes of at least 4 members (excludes halogenated alkanes) is 10. The van der Waals surface area contributed by atoms with Gasteiger partial charge in [-0.15, -0.1) is 0 Å². The fraction of sp³-hybridized carbons (Fsp3) is 0.617. The van der Waals surface area contributed by atoms with Crippen LogP contribution in [0.5, 0.6) is 0 Å². The third kappa shape index (κ3) is 41.1. The first-order valence-corrected chi connectivity index (χ1v) is 23.3. The fourth-order valence-corrected chi connectivity index (χ4v) is 6.01. The van der Waals surface area contributed by atoms with Gasteiger partial charge in [0.25, 0.3) is 0 Å². The summed E-state index contributed by atoms with van der Waals surface area (Å²) in [5.74, 6) is -1.85. The van der Waals surface area contributed by atoms with E-state index < -0.39 is 45.1 Å². The Morgan fingerprint density at radius 2 is 1.00 bits per heavy atom. The number of phosphoric ester groups is 1. The Bertz CT molecular complexity index is 1280. The van der Waals surface area contributed by atoms with Gasteiger partial charge in [-0.2, -0.15) is 0 Å². The minimum atomic E-state index is -4.64. The third-order valence-electron chi connectivity index (χ3n) is 8.60. The molecule has 10 nitrogen and oxygen atoms in total. The molecule has 3 atom stereocenters. The van der Waals surface area contributed by atoms with Crippen molar-refractivity contribution in [2.75, 3.05) is 26.4 Å². The van der Waals surface area contributed by atoms with Gasteiger partial charge in [0.2, 0.25) is 0 Å². The lowest BCUT2D eigenvalue weighted by molar-refractivity contribution is -0.154. The third-order valence-corrected chi connectivity index (χ3v) is 9.55. The smallest absolute Gasteiger partial charge is 0.472 e. The van der Waals surface area contributed by atoms with E-state index in [9.17, 15) is 19.0 Å². The van der Waals surface area contributed by atoms with Crippen LogP contribution in [-0.4, -0.2) is 60.5 Å². The monoisotopic (exact) mass is 832 g/mol. The van der Waals surface area contributed by atoms with E-state index in [1.54, 1.807) is 0 Å². The average molecular weight is 832 g/mol. The standard InChI is InChI=1S/C47H78NO9P/c1-3-5-7-9-11-13-15-17-18-19-20-21-22-23-24-25-26-27-29-31-33-35-37-39-46(49)57-44(42-55-58(52,53)56-43-45(48)47(50)51)41-54-40-38-36-34-32-30-28-16-14-12-10-8-6-4-2/h5,7,11-14,17-18,20-21,23-24,26-27,31,33,44-45H,3-4,6,8-10,15-16,19,22,25,28-30,32,34-43,48H2,1-2H3,(H,50,51)(H,52,53)/b7-5-,13-11-,14-12-,18-17-,21-20-,24-23-,27-26-,33-31-. The molecule has 0 aromatic carbocycles.